The van der Waals surface area contributed by atoms with Crippen molar-refractivity contribution >= 4 is 39.3 Å². The topological polar surface area (TPSA) is 56.1 Å². The second-order valence-electron chi connectivity index (χ2n) is 5.09. The number of benzene rings is 2. The summed E-state index contributed by atoms with van der Waals surface area (Å²) in [4.78, 5) is 16.6. The number of thioether (sulfide) groups is 1. The van der Waals surface area contributed by atoms with Gasteiger partial charge in [-0.15, -0.1) is 0 Å². The van der Waals surface area contributed by atoms with Crippen LogP contribution in [-0.4, -0.2) is 28.3 Å². The Labute approximate surface area is 158 Å². The van der Waals surface area contributed by atoms with Gasteiger partial charge in [0, 0.05) is 22.6 Å². The monoisotopic (exact) mass is 417 g/mol. The Hall–Kier alpha value is -2.25. The second kappa shape index (κ2) is 8.22. The number of carbonyl (C=O) groups is 1. The van der Waals surface area contributed by atoms with Crippen LogP contribution >= 0.6 is 27.7 Å². The van der Waals surface area contributed by atoms with Gasteiger partial charge in [0.2, 0.25) is 5.91 Å². The number of anilines is 1. The van der Waals surface area contributed by atoms with Crippen LogP contribution in [-0.2, 0) is 4.79 Å². The minimum Gasteiger partial charge on any atom is -0.495 e. The Morgan fingerprint density at radius 3 is 2.76 bits per heavy atom. The number of para-hydroxylation sites is 2. The summed E-state index contributed by atoms with van der Waals surface area (Å²) in [6, 6.07) is 15.3. The molecule has 0 unspecified atom stereocenters. The van der Waals surface area contributed by atoms with Crippen LogP contribution in [0.5, 0.6) is 5.75 Å². The predicted octanol–water partition coefficient (Wildman–Crippen LogP) is 4.37. The molecule has 0 atom stereocenters. The minimum absolute atomic E-state index is 0.111. The number of ether oxygens (including phenoxy) is 1. The van der Waals surface area contributed by atoms with E-state index in [9.17, 15) is 4.79 Å². The number of rotatable bonds is 6. The second-order valence-corrected chi connectivity index (χ2v) is 6.95. The van der Waals surface area contributed by atoms with E-state index in [0.29, 0.717) is 11.4 Å². The zero-order valence-corrected chi connectivity index (χ0v) is 15.9. The molecule has 0 radical (unpaired) electrons. The summed E-state index contributed by atoms with van der Waals surface area (Å²) in [5, 5.41) is 3.62. The number of carbonyl (C=O) groups excluding carboxylic acids is 1. The van der Waals surface area contributed by atoms with Crippen LogP contribution in [0.2, 0.25) is 0 Å². The normalized spacial score (nSPS) is 10.5. The average molecular weight is 418 g/mol. The molecule has 1 N–H and O–H groups in total. The Kier molecular flexibility index (Phi) is 5.78. The highest BCUT2D eigenvalue weighted by Gasteiger charge is 2.11. The summed E-state index contributed by atoms with van der Waals surface area (Å²) >= 11 is 4.81. The third-order valence-electron chi connectivity index (χ3n) is 3.43. The number of hydrogen-bond acceptors (Lipinski definition) is 4. The Bertz CT molecular complexity index is 865. The number of hydrogen-bond donors (Lipinski definition) is 1. The van der Waals surface area contributed by atoms with Crippen molar-refractivity contribution in [1.29, 1.82) is 0 Å². The van der Waals surface area contributed by atoms with Gasteiger partial charge in [0.15, 0.2) is 5.16 Å². The molecule has 0 aliphatic carbocycles. The summed E-state index contributed by atoms with van der Waals surface area (Å²) in [5.41, 5.74) is 1.65. The largest absolute Gasteiger partial charge is 0.495 e. The van der Waals surface area contributed by atoms with E-state index in [4.69, 9.17) is 4.74 Å². The van der Waals surface area contributed by atoms with Gasteiger partial charge in [0.05, 0.1) is 18.6 Å². The molecular weight excluding hydrogens is 402 g/mol. The first kappa shape index (κ1) is 17.6. The smallest absolute Gasteiger partial charge is 0.234 e. The van der Waals surface area contributed by atoms with E-state index in [1.807, 2.05) is 59.3 Å². The highest BCUT2D eigenvalue weighted by atomic mass is 79.9. The molecule has 7 heteroatoms. The molecule has 0 aliphatic heterocycles. The van der Waals surface area contributed by atoms with Crippen LogP contribution in [0.1, 0.15) is 0 Å². The molecule has 0 aliphatic rings. The lowest BCUT2D eigenvalue weighted by Gasteiger charge is -2.10. The first-order valence-electron chi connectivity index (χ1n) is 7.52. The van der Waals surface area contributed by atoms with E-state index in [0.717, 1.165) is 15.3 Å². The van der Waals surface area contributed by atoms with Gasteiger partial charge in [-0.1, -0.05) is 39.8 Å². The van der Waals surface area contributed by atoms with Crippen molar-refractivity contribution in [2.75, 3.05) is 18.2 Å². The summed E-state index contributed by atoms with van der Waals surface area (Å²) in [6.07, 6.45) is 3.60. The molecular formula is C18H16BrN3O2S. The first-order valence-corrected chi connectivity index (χ1v) is 9.30. The van der Waals surface area contributed by atoms with E-state index in [2.05, 4.69) is 26.2 Å². The fourth-order valence-corrected chi connectivity index (χ4v) is 3.30. The van der Waals surface area contributed by atoms with Crippen molar-refractivity contribution in [3.63, 3.8) is 0 Å². The lowest BCUT2D eigenvalue weighted by Crippen LogP contribution is -2.15. The van der Waals surface area contributed by atoms with Crippen molar-refractivity contribution in [1.82, 2.24) is 9.55 Å². The summed E-state index contributed by atoms with van der Waals surface area (Å²) in [5.74, 6) is 0.781. The Balaban J connectivity index is 1.65. The van der Waals surface area contributed by atoms with Gasteiger partial charge in [-0.25, -0.2) is 4.98 Å². The SMILES string of the molecule is COc1ccccc1NC(=O)CSc1nccn1-c1ccc(Br)cc1. The molecule has 3 aromatic rings. The maximum atomic E-state index is 12.2. The zero-order valence-electron chi connectivity index (χ0n) is 13.5. The molecule has 2 aromatic carbocycles. The summed E-state index contributed by atoms with van der Waals surface area (Å²) in [6.45, 7) is 0. The molecule has 25 heavy (non-hydrogen) atoms. The quantitative estimate of drug-likeness (QED) is 0.604. The van der Waals surface area contributed by atoms with E-state index < -0.39 is 0 Å². The van der Waals surface area contributed by atoms with E-state index in [-0.39, 0.29) is 11.7 Å². The summed E-state index contributed by atoms with van der Waals surface area (Å²) in [7, 11) is 1.58. The van der Waals surface area contributed by atoms with Crippen molar-refractivity contribution in [3.05, 3.63) is 65.4 Å². The molecule has 0 fully saturated rings. The maximum Gasteiger partial charge on any atom is 0.234 e. The number of amides is 1. The van der Waals surface area contributed by atoms with Crippen LogP contribution in [0.3, 0.4) is 0 Å². The van der Waals surface area contributed by atoms with E-state index >= 15 is 0 Å². The molecule has 0 bridgehead atoms. The lowest BCUT2D eigenvalue weighted by atomic mass is 10.3. The highest BCUT2D eigenvalue weighted by Crippen LogP contribution is 2.25. The molecule has 0 spiro atoms. The van der Waals surface area contributed by atoms with Crippen LogP contribution in [0, 0.1) is 0 Å². The predicted molar refractivity (Wildman–Crippen MR) is 104 cm³/mol. The van der Waals surface area contributed by atoms with Gasteiger partial charge in [-0.2, -0.15) is 0 Å². The number of imidazole rings is 1. The van der Waals surface area contributed by atoms with Crippen LogP contribution in [0.15, 0.2) is 70.6 Å². The maximum absolute atomic E-state index is 12.2. The number of methoxy groups -OCH3 is 1. The molecule has 5 nitrogen and oxygen atoms in total. The molecule has 0 saturated heterocycles. The molecule has 1 aromatic heterocycles. The molecule has 3 rings (SSSR count). The number of halogens is 1. The van der Waals surface area contributed by atoms with Crippen molar-refractivity contribution < 1.29 is 9.53 Å². The van der Waals surface area contributed by atoms with Gasteiger partial charge >= 0.3 is 0 Å². The standard InChI is InChI=1S/C18H16BrN3O2S/c1-24-16-5-3-2-4-15(16)21-17(23)12-25-18-20-10-11-22(18)14-8-6-13(19)7-9-14/h2-11H,12H2,1H3,(H,21,23). The van der Waals surface area contributed by atoms with Gasteiger partial charge in [0.25, 0.3) is 0 Å². The van der Waals surface area contributed by atoms with Crippen LogP contribution in [0.4, 0.5) is 5.69 Å². The zero-order chi connectivity index (χ0) is 17.6. The lowest BCUT2D eigenvalue weighted by molar-refractivity contribution is -0.113. The van der Waals surface area contributed by atoms with E-state index in [1.165, 1.54) is 11.8 Å². The molecule has 128 valence electrons. The van der Waals surface area contributed by atoms with Crippen molar-refractivity contribution in [2.24, 2.45) is 0 Å². The van der Waals surface area contributed by atoms with Crippen LogP contribution in [0.25, 0.3) is 5.69 Å². The molecule has 1 amide bonds. The molecule has 0 saturated carbocycles. The van der Waals surface area contributed by atoms with Gasteiger partial charge in [-0.05, 0) is 36.4 Å². The van der Waals surface area contributed by atoms with Gasteiger partial charge in [0.1, 0.15) is 5.75 Å². The average Bonchev–Trinajstić information content (AvgIpc) is 3.09. The third-order valence-corrected chi connectivity index (χ3v) is 4.92. The summed E-state index contributed by atoms with van der Waals surface area (Å²) < 4.78 is 8.21. The first-order chi connectivity index (χ1) is 12.2. The number of nitrogens with one attached hydrogen (secondary N) is 1. The van der Waals surface area contributed by atoms with E-state index in [1.54, 1.807) is 13.3 Å². The third kappa shape index (κ3) is 4.43. The van der Waals surface area contributed by atoms with Crippen molar-refractivity contribution in [2.45, 2.75) is 5.16 Å². The fourth-order valence-electron chi connectivity index (χ4n) is 2.26. The van der Waals surface area contributed by atoms with Crippen LogP contribution < -0.4 is 10.1 Å². The van der Waals surface area contributed by atoms with Gasteiger partial charge < -0.3 is 10.1 Å². The number of aromatic nitrogens is 2. The molecule has 1 heterocycles. The highest BCUT2D eigenvalue weighted by molar-refractivity contribution is 9.10. The fraction of sp³-hybridized carbons (Fsp3) is 0.111. The number of nitrogens with zero attached hydrogens (tertiary/aromatic N) is 2. The minimum atomic E-state index is -0.111. The van der Waals surface area contributed by atoms with Gasteiger partial charge in [-0.3, -0.25) is 9.36 Å². The Morgan fingerprint density at radius 1 is 1.24 bits per heavy atom. The van der Waals surface area contributed by atoms with Crippen molar-refractivity contribution in [3.8, 4) is 11.4 Å². The Morgan fingerprint density at radius 2 is 2.00 bits per heavy atom.